The van der Waals surface area contributed by atoms with Crippen molar-refractivity contribution in [3.63, 3.8) is 0 Å². The lowest BCUT2D eigenvalue weighted by molar-refractivity contribution is -0.338. The van der Waals surface area contributed by atoms with E-state index in [-0.39, 0.29) is 53.3 Å². The van der Waals surface area contributed by atoms with Gasteiger partial charge in [-0.2, -0.15) is 0 Å². The summed E-state index contributed by atoms with van der Waals surface area (Å²) >= 11 is 0. The molecule has 19 heteroatoms. The zero-order valence-corrected chi connectivity index (χ0v) is 38.9. The van der Waals surface area contributed by atoms with E-state index in [1.165, 1.54) is 0 Å². The number of allylic oxidation sites excluding steroid dienone is 1. The van der Waals surface area contributed by atoms with Gasteiger partial charge < -0.3 is 89.7 Å². The Kier molecular flexibility index (Phi) is 14.1. The van der Waals surface area contributed by atoms with Gasteiger partial charge in [0.15, 0.2) is 12.6 Å². The number of aliphatic hydroxyl groups excluding tert-OH is 12. The van der Waals surface area contributed by atoms with Crippen LogP contribution in [0.5, 0.6) is 0 Å². The third-order valence-corrected chi connectivity index (χ3v) is 19.2. The Morgan fingerprint density at radius 1 is 0.727 bits per heavy atom. The SMILES string of the molecule is CC(=CCCC(C)C1CC(O)C2(C)C3CCC4C(C)(C)C(OC5OC(COC6OCC(O)C(O)C6O)C(O)C(O)C5O)CCC45CC35CC(O)C12C)C(=O)OC1OC(CO)C(O)C(O)C1O. The van der Waals surface area contributed by atoms with Gasteiger partial charge in [0.1, 0.15) is 67.1 Å². The van der Waals surface area contributed by atoms with Crippen LogP contribution in [-0.4, -0.2) is 191 Å². The highest BCUT2D eigenvalue weighted by Gasteiger charge is 2.85. The van der Waals surface area contributed by atoms with E-state index in [0.29, 0.717) is 32.1 Å². The summed E-state index contributed by atoms with van der Waals surface area (Å²) in [6.45, 7) is 11.1. The Morgan fingerprint density at radius 3 is 2.03 bits per heavy atom. The van der Waals surface area contributed by atoms with Gasteiger partial charge in [0.05, 0.1) is 38.1 Å². The van der Waals surface area contributed by atoms with Crippen LogP contribution in [0.15, 0.2) is 11.6 Å². The average Bonchev–Trinajstić information content (AvgIpc) is 3.88. The standard InChI is InChI=1S/C47H76O19/c1-20(8-7-9-21(2)39(60)66-42-38(59)34(55)32(53)24(16-48)63-42)22-14-28(50)45(6)27-11-10-26-43(3,4)30(12-13-46(26)19-47(27,46)15-29(51)44(22,45)5)65-41-37(58)35(56)33(54)25(64-41)18-62-40-36(57)31(52)23(49)17-61-40/h9,20,22-38,40-42,48-59H,7-8,10-19H2,1-6H3. The van der Waals surface area contributed by atoms with Crippen LogP contribution in [0.2, 0.25) is 0 Å². The van der Waals surface area contributed by atoms with E-state index < -0.39 is 133 Å². The minimum Gasteiger partial charge on any atom is -0.429 e. The summed E-state index contributed by atoms with van der Waals surface area (Å²) in [6.07, 6.45) is -14.4. The minimum absolute atomic E-state index is 0.0163. The molecule has 25 unspecified atom stereocenters. The van der Waals surface area contributed by atoms with E-state index in [0.717, 1.165) is 25.7 Å². The molecule has 0 radical (unpaired) electrons. The van der Waals surface area contributed by atoms with Crippen molar-refractivity contribution in [3.05, 3.63) is 11.6 Å². The molecule has 0 amide bonds. The van der Waals surface area contributed by atoms with Crippen LogP contribution >= 0.6 is 0 Å². The van der Waals surface area contributed by atoms with Gasteiger partial charge in [-0.3, -0.25) is 0 Å². The molecule has 378 valence electrons. The summed E-state index contributed by atoms with van der Waals surface area (Å²) in [5, 5.41) is 128. The first-order valence-corrected chi connectivity index (χ1v) is 24.1. The first-order chi connectivity index (χ1) is 30.9. The minimum atomic E-state index is -1.71. The number of carbonyl (C=O) groups excluding carboxylic acids is 1. The number of ether oxygens (including phenoxy) is 6. The number of hydrogen-bond acceptors (Lipinski definition) is 19. The molecule has 0 aromatic heterocycles. The van der Waals surface area contributed by atoms with E-state index >= 15 is 0 Å². The van der Waals surface area contributed by atoms with E-state index in [1.807, 2.05) is 0 Å². The Morgan fingerprint density at radius 2 is 1.35 bits per heavy atom. The van der Waals surface area contributed by atoms with Crippen molar-refractivity contribution in [3.8, 4) is 0 Å². The average molecular weight is 945 g/mol. The number of aliphatic hydroxyl groups is 12. The Bertz CT molecular complexity index is 1780. The quantitative estimate of drug-likeness (QED) is 0.0616. The highest BCUT2D eigenvalue weighted by atomic mass is 16.7. The lowest BCUT2D eigenvalue weighted by Gasteiger charge is -2.65. The van der Waals surface area contributed by atoms with Crippen LogP contribution in [0.1, 0.15) is 99.3 Å². The normalized spacial score (nSPS) is 53.8. The maximum atomic E-state index is 13.0. The fourth-order valence-electron chi connectivity index (χ4n) is 15.2. The summed E-state index contributed by atoms with van der Waals surface area (Å²) in [5.41, 5.74) is -1.66. The second-order valence-corrected chi connectivity index (χ2v) is 22.4. The van der Waals surface area contributed by atoms with Crippen LogP contribution in [0.3, 0.4) is 0 Å². The van der Waals surface area contributed by atoms with Gasteiger partial charge in [-0.05, 0) is 105 Å². The van der Waals surface area contributed by atoms with Crippen molar-refractivity contribution < 1.29 is 94.5 Å². The van der Waals surface area contributed by atoms with Crippen molar-refractivity contribution in [1.82, 2.24) is 0 Å². The fourth-order valence-corrected chi connectivity index (χ4v) is 15.2. The molecule has 3 heterocycles. The third kappa shape index (κ3) is 7.77. The van der Waals surface area contributed by atoms with Crippen molar-refractivity contribution in [2.75, 3.05) is 19.8 Å². The smallest absolute Gasteiger partial charge is 0.335 e. The van der Waals surface area contributed by atoms with Crippen LogP contribution in [0, 0.1) is 50.7 Å². The van der Waals surface area contributed by atoms with E-state index in [1.54, 1.807) is 13.0 Å². The lowest BCUT2D eigenvalue weighted by atomic mass is 9.40. The number of fused-ring (bicyclic) bond motifs is 2. The van der Waals surface area contributed by atoms with Crippen molar-refractivity contribution in [2.45, 2.75) is 204 Å². The molecule has 12 N–H and O–H groups in total. The Balaban J connectivity index is 0.908. The molecule has 25 atom stereocenters. The van der Waals surface area contributed by atoms with Gasteiger partial charge >= 0.3 is 5.97 Å². The molecule has 66 heavy (non-hydrogen) atoms. The molecule has 2 spiro atoms. The van der Waals surface area contributed by atoms with Gasteiger partial charge in [-0.25, -0.2) is 4.79 Å². The van der Waals surface area contributed by atoms with E-state index in [4.69, 9.17) is 28.4 Å². The first kappa shape index (κ1) is 50.9. The molecule has 5 saturated carbocycles. The van der Waals surface area contributed by atoms with Gasteiger partial charge in [-0.1, -0.05) is 40.7 Å². The molecule has 3 aliphatic heterocycles. The molecule has 19 nitrogen and oxygen atoms in total. The second kappa shape index (κ2) is 18.3. The zero-order chi connectivity index (χ0) is 48.2. The second-order valence-electron chi connectivity index (χ2n) is 22.4. The number of rotatable bonds is 12. The van der Waals surface area contributed by atoms with Crippen LogP contribution in [-0.2, 0) is 33.2 Å². The summed E-state index contributed by atoms with van der Waals surface area (Å²) in [7, 11) is 0. The van der Waals surface area contributed by atoms with Gasteiger partial charge in [-0.15, -0.1) is 0 Å². The number of esters is 1. The summed E-state index contributed by atoms with van der Waals surface area (Å²) in [5.74, 6) is -0.393. The molecule has 0 bridgehead atoms. The molecular weight excluding hydrogens is 868 g/mol. The van der Waals surface area contributed by atoms with Crippen LogP contribution < -0.4 is 0 Å². The zero-order valence-electron chi connectivity index (χ0n) is 38.9. The van der Waals surface area contributed by atoms with Crippen LogP contribution in [0.25, 0.3) is 0 Å². The summed E-state index contributed by atoms with van der Waals surface area (Å²) in [4.78, 5) is 13.0. The number of carbonyl (C=O) groups is 1. The predicted octanol–water partition coefficient (Wildman–Crippen LogP) is -1.28. The van der Waals surface area contributed by atoms with Crippen molar-refractivity contribution in [2.24, 2.45) is 50.7 Å². The van der Waals surface area contributed by atoms with E-state index in [9.17, 15) is 66.1 Å². The molecule has 0 aromatic carbocycles. The Labute approximate surface area is 385 Å². The highest BCUT2D eigenvalue weighted by molar-refractivity contribution is 5.87. The third-order valence-electron chi connectivity index (χ3n) is 19.2. The van der Waals surface area contributed by atoms with Crippen molar-refractivity contribution in [1.29, 1.82) is 0 Å². The van der Waals surface area contributed by atoms with Gasteiger partial charge in [0.2, 0.25) is 6.29 Å². The van der Waals surface area contributed by atoms with E-state index in [2.05, 4.69) is 34.6 Å². The highest BCUT2D eigenvalue weighted by Crippen LogP contribution is 2.89. The topological polar surface area (TPSA) is 315 Å². The molecular formula is C47H76O19. The summed E-state index contributed by atoms with van der Waals surface area (Å²) in [6, 6.07) is 0. The molecule has 8 fully saturated rings. The molecule has 5 aliphatic carbocycles. The summed E-state index contributed by atoms with van der Waals surface area (Å²) < 4.78 is 34.2. The van der Waals surface area contributed by atoms with Gasteiger partial charge in [0, 0.05) is 16.4 Å². The monoisotopic (exact) mass is 944 g/mol. The van der Waals surface area contributed by atoms with Crippen LogP contribution in [0.4, 0.5) is 0 Å². The van der Waals surface area contributed by atoms with Crippen molar-refractivity contribution >= 4 is 5.97 Å². The Hall–Kier alpha value is -1.47. The number of hydrogen-bond donors (Lipinski definition) is 12. The molecule has 0 aromatic rings. The predicted molar refractivity (Wildman–Crippen MR) is 227 cm³/mol. The lowest BCUT2D eigenvalue weighted by Crippen LogP contribution is -2.65. The van der Waals surface area contributed by atoms with Gasteiger partial charge in [0.25, 0.3) is 0 Å². The largest absolute Gasteiger partial charge is 0.429 e. The molecule has 8 aliphatic rings. The molecule has 3 saturated heterocycles. The molecule has 8 rings (SSSR count). The maximum Gasteiger partial charge on any atom is 0.335 e. The fraction of sp³-hybridized carbons (Fsp3) is 0.936. The first-order valence-electron chi connectivity index (χ1n) is 24.1. The maximum absolute atomic E-state index is 13.0.